The van der Waals surface area contributed by atoms with Crippen molar-refractivity contribution < 1.29 is 13.9 Å². The quantitative estimate of drug-likeness (QED) is 0.839. The summed E-state index contributed by atoms with van der Waals surface area (Å²) >= 11 is 0. The van der Waals surface area contributed by atoms with Crippen LogP contribution in [-0.4, -0.2) is 10.7 Å². The van der Waals surface area contributed by atoms with Crippen LogP contribution >= 0.6 is 0 Å². The first kappa shape index (κ1) is 12.5. The van der Waals surface area contributed by atoms with Crippen LogP contribution in [0.2, 0.25) is 0 Å². The van der Waals surface area contributed by atoms with Crippen molar-refractivity contribution in [2.75, 3.05) is 0 Å². The van der Waals surface area contributed by atoms with Gasteiger partial charge in [0.05, 0.1) is 5.60 Å². The van der Waals surface area contributed by atoms with E-state index in [0.29, 0.717) is 18.8 Å². The third kappa shape index (κ3) is 2.83. The standard InChI is InChI=1S/C14H18F2O/c1-10-5-7-14(17,8-6-10)9-11-12(15)3-2-4-13(11)16/h2-4,10,17H,5-9H2,1H3. The van der Waals surface area contributed by atoms with E-state index in [2.05, 4.69) is 6.92 Å². The zero-order valence-electron chi connectivity index (χ0n) is 10.0. The zero-order valence-corrected chi connectivity index (χ0v) is 10.0. The Morgan fingerprint density at radius 3 is 2.29 bits per heavy atom. The molecule has 1 saturated carbocycles. The number of aliphatic hydroxyl groups is 1. The van der Waals surface area contributed by atoms with E-state index in [-0.39, 0.29) is 12.0 Å². The minimum Gasteiger partial charge on any atom is -0.390 e. The maximum atomic E-state index is 13.5. The molecule has 0 heterocycles. The second-order valence-corrected chi connectivity index (χ2v) is 5.28. The Kier molecular flexibility index (Phi) is 3.48. The smallest absolute Gasteiger partial charge is 0.129 e. The summed E-state index contributed by atoms with van der Waals surface area (Å²) in [4.78, 5) is 0. The maximum absolute atomic E-state index is 13.5. The minimum atomic E-state index is -0.935. The summed E-state index contributed by atoms with van der Waals surface area (Å²) in [5, 5.41) is 10.4. The lowest BCUT2D eigenvalue weighted by molar-refractivity contribution is -0.00800. The Bertz CT molecular complexity index is 375. The molecule has 0 aliphatic heterocycles. The summed E-state index contributed by atoms with van der Waals surface area (Å²) in [6, 6.07) is 3.83. The van der Waals surface area contributed by atoms with Crippen LogP contribution in [0.3, 0.4) is 0 Å². The van der Waals surface area contributed by atoms with Gasteiger partial charge in [0, 0.05) is 12.0 Å². The predicted molar refractivity (Wildman–Crippen MR) is 62.6 cm³/mol. The summed E-state index contributed by atoms with van der Waals surface area (Å²) in [7, 11) is 0. The number of rotatable bonds is 2. The summed E-state index contributed by atoms with van der Waals surface area (Å²) in [6.45, 7) is 2.14. The molecule has 2 rings (SSSR count). The normalized spacial score (nSPS) is 29.3. The van der Waals surface area contributed by atoms with Crippen molar-refractivity contribution >= 4 is 0 Å². The Balaban J connectivity index is 2.15. The molecule has 0 bridgehead atoms. The summed E-state index contributed by atoms with van der Waals surface area (Å²) in [5.74, 6) is -0.519. The van der Waals surface area contributed by atoms with Gasteiger partial charge in [0.2, 0.25) is 0 Å². The number of hydrogen-bond acceptors (Lipinski definition) is 1. The number of benzene rings is 1. The fourth-order valence-corrected chi connectivity index (χ4v) is 2.51. The molecule has 0 unspecified atom stereocenters. The van der Waals surface area contributed by atoms with Gasteiger partial charge < -0.3 is 5.11 Å². The van der Waals surface area contributed by atoms with Crippen molar-refractivity contribution in [3.05, 3.63) is 35.4 Å². The molecule has 0 aromatic heterocycles. The van der Waals surface area contributed by atoms with Gasteiger partial charge in [-0.1, -0.05) is 13.0 Å². The number of halogens is 2. The van der Waals surface area contributed by atoms with E-state index in [1.54, 1.807) is 0 Å². The first-order valence-electron chi connectivity index (χ1n) is 6.15. The average molecular weight is 240 g/mol. The van der Waals surface area contributed by atoms with E-state index in [1.165, 1.54) is 18.2 Å². The van der Waals surface area contributed by atoms with E-state index in [9.17, 15) is 13.9 Å². The molecular weight excluding hydrogens is 222 g/mol. The Morgan fingerprint density at radius 1 is 1.24 bits per heavy atom. The molecule has 1 nitrogen and oxygen atoms in total. The molecule has 0 radical (unpaired) electrons. The highest BCUT2D eigenvalue weighted by molar-refractivity contribution is 5.21. The van der Waals surface area contributed by atoms with Crippen molar-refractivity contribution in [1.29, 1.82) is 0 Å². The van der Waals surface area contributed by atoms with Crippen LogP contribution in [0.1, 0.15) is 38.2 Å². The lowest BCUT2D eigenvalue weighted by Crippen LogP contribution is -2.36. The van der Waals surface area contributed by atoms with Gasteiger partial charge in [-0.05, 0) is 43.7 Å². The molecule has 3 heteroatoms. The van der Waals surface area contributed by atoms with Gasteiger partial charge in [-0.25, -0.2) is 8.78 Å². The van der Waals surface area contributed by atoms with E-state index in [4.69, 9.17) is 0 Å². The highest BCUT2D eigenvalue weighted by atomic mass is 19.1. The average Bonchev–Trinajstić information content (AvgIpc) is 2.29. The van der Waals surface area contributed by atoms with E-state index >= 15 is 0 Å². The highest BCUT2D eigenvalue weighted by Crippen LogP contribution is 2.35. The third-order valence-corrected chi connectivity index (χ3v) is 3.77. The molecule has 0 spiro atoms. The highest BCUT2D eigenvalue weighted by Gasteiger charge is 2.33. The molecule has 1 N–H and O–H groups in total. The van der Waals surface area contributed by atoms with Crippen LogP contribution in [0.5, 0.6) is 0 Å². The predicted octanol–water partition coefficient (Wildman–Crippen LogP) is 3.45. The molecule has 0 amide bonds. The topological polar surface area (TPSA) is 20.2 Å². The van der Waals surface area contributed by atoms with E-state index in [1.807, 2.05) is 0 Å². The lowest BCUT2D eigenvalue weighted by Gasteiger charge is -2.35. The van der Waals surface area contributed by atoms with Crippen molar-refractivity contribution in [2.24, 2.45) is 5.92 Å². The maximum Gasteiger partial charge on any atom is 0.129 e. The lowest BCUT2D eigenvalue weighted by atomic mass is 9.76. The summed E-state index contributed by atoms with van der Waals surface area (Å²) in [6.07, 6.45) is 3.18. The van der Waals surface area contributed by atoms with Crippen LogP contribution in [0.4, 0.5) is 8.78 Å². The molecule has 94 valence electrons. The first-order chi connectivity index (χ1) is 8.00. The van der Waals surface area contributed by atoms with Gasteiger partial charge in [-0.2, -0.15) is 0 Å². The molecule has 1 aromatic carbocycles. The third-order valence-electron chi connectivity index (χ3n) is 3.77. The van der Waals surface area contributed by atoms with Gasteiger partial charge in [0.1, 0.15) is 11.6 Å². The van der Waals surface area contributed by atoms with Crippen molar-refractivity contribution in [3.63, 3.8) is 0 Å². The van der Waals surface area contributed by atoms with E-state index in [0.717, 1.165) is 12.8 Å². The Morgan fingerprint density at radius 2 is 1.76 bits per heavy atom. The van der Waals surface area contributed by atoms with Crippen LogP contribution in [0.25, 0.3) is 0 Å². The zero-order chi connectivity index (χ0) is 12.5. The molecule has 1 fully saturated rings. The SMILES string of the molecule is CC1CCC(O)(Cc2c(F)cccc2F)CC1. The van der Waals surface area contributed by atoms with Crippen LogP contribution in [0.15, 0.2) is 18.2 Å². The second-order valence-electron chi connectivity index (χ2n) is 5.28. The van der Waals surface area contributed by atoms with Gasteiger partial charge in [-0.3, -0.25) is 0 Å². The Labute approximate surface area is 100 Å². The van der Waals surface area contributed by atoms with Gasteiger partial charge in [0.25, 0.3) is 0 Å². The molecule has 1 aliphatic carbocycles. The van der Waals surface area contributed by atoms with Crippen LogP contribution in [-0.2, 0) is 6.42 Å². The molecule has 0 atom stereocenters. The molecule has 17 heavy (non-hydrogen) atoms. The summed E-state index contributed by atoms with van der Waals surface area (Å²) < 4.78 is 27.0. The fraction of sp³-hybridized carbons (Fsp3) is 0.571. The van der Waals surface area contributed by atoms with Gasteiger partial charge in [0.15, 0.2) is 0 Å². The van der Waals surface area contributed by atoms with Crippen LogP contribution in [0, 0.1) is 17.6 Å². The van der Waals surface area contributed by atoms with Gasteiger partial charge >= 0.3 is 0 Å². The minimum absolute atomic E-state index is 0.0181. The van der Waals surface area contributed by atoms with Gasteiger partial charge in [-0.15, -0.1) is 0 Å². The fourth-order valence-electron chi connectivity index (χ4n) is 2.51. The molecule has 0 saturated heterocycles. The molecule has 1 aliphatic rings. The second kappa shape index (κ2) is 4.73. The van der Waals surface area contributed by atoms with Crippen molar-refractivity contribution in [1.82, 2.24) is 0 Å². The molecular formula is C14H18F2O. The first-order valence-corrected chi connectivity index (χ1v) is 6.15. The van der Waals surface area contributed by atoms with Crippen molar-refractivity contribution in [2.45, 2.75) is 44.6 Å². The molecule has 1 aromatic rings. The van der Waals surface area contributed by atoms with E-state index < -0.39 is 17.2 Å². The van der Waals surface area contributed by atoms with Crippen molar-refractivity contribution in [3.8, 4) is 0 Å². The van der Waals surface area contributed by atoms with Crippen LogP contribution < -0.4 is 0 Å². The largest absolute Gasteiger partial charge is 0.390 e. The Hall–Kier alpha value is -0.960. The number of hydrogen-bond donors (Lipinski definition) is 1. The monoisotopic (exact) mass is 240 g/mol. The summed E-state index contributed by atoms with van der Waals surface area (Å²) in [5.41, 5.74) is -0.917.